The predicted molar refractivity (Wildman–Crippen MR) is 103 cm³/mol. The Balaban J connectivity index is 2.14. The maximum absolute atomic E-state index is 11.6. The number of allylic oxidation sites excluding steroid dienone is 1. The first-order valence-electron chi connectivity index (χ1n) is 10.7. The summed E-state index contributed by atoms with van der Waals surface area (Å²) in [4.78, 5) is 11.6. The molecule has 0 aromatic carbocycles. The Labute approximate surface area is 150 Å². The van der Waals surface area contributed by atoms with Crippen molar-refractivity contribution in [1.82, 2.24) is 0 Å². The molecule has 0 unspecified atom stereocenters. The van der Waals surface area contributed by atoms with Gasteiger partial charge in [-0.3, -0.25) is 0 Å². The van der Waals surface area contributed by atoms with Gasteiger partial charge >= 0.3 is 5.97 Å². The number of ether oxygens (including phenoxy) is 1. The van der Waals surface area contributed by atoms with E-state index in [1.165, 1.54) is 103 Å². The van der Waals surface area contributed by atoms with Crippen LogP contribution in [-0.2, 0) is 9.53 Å². The second-order valence-corrected chi connectivity index (χ2v) is 7.37. The zero-order chi connectivity index (χ0) is 17.1. The lowest BCUT2D eigenvalue weighted by Crippen LogP contribution is -2.02. The van der Waals surface area contributed by atoms with Gasteiger partial charge in [0.25, 0.3) is 0 Å². The highest BCUT2D eigenvalue weighted by atomic mass is 16.5. The summed E-state index contributed by atoms with van der Waals surface area (Å²) in [6, 6.07) is 0. The second-order valence-electron chi connectivity index (χ2n) is 7.37. The zero-order valence-corrected chi connectivity index (χ0v) is 15.9. The topological polar surface area (TPSA) is 26.3 Å². The van der Waals surface area contributed by atoms with Gasteiger partial charge in [-0.1, -0.05) is 102 Å². The van der Waals surface area contributed by atoms with E-state index in [0.29, 0.717) is 6.61 Å². The van der Waals surface area contributed by atoms with E-state index < -0.39 is 0 Å². The molecule has 0 radical (unpaired) electrons. The van der Waals surface area contributed by atoms with Gasteiger partial charge in [0.1, 0.15) is 0 Å². The Morgan fingerprint density at radius 1 is 0.542 bits per heavy atom. The van der Waals surface area contributed by atoms with Crippen molar-refractivity contribution in [3.05, 3.63) is 12.2 Å². The lowest BCUT2D eigenvalue weighted by atomic mass is 10.0. The summed E-state index contributed by atoms with van der Waals surface area (Å²) in [6.07, 6.45) is 27.4. The van der Waals surface area contributed by atoms with Gasteiger partial charge < -0.3 is 4.74 Å². The van der Waals surface area contributed by atoms with Gasteiger partial charge in [-0.2, -0.15) is 0 Å². The molecule has 0 saturated heterocycles. The number of cyclic esters (lactones) is 1. The van der Waals surface area contributed by atoms with Crippen molar-refractivity contribution in [2.45, 2.75) is 116 Å². The minimum absolute atomic E-state index is 0.159. The minimum Gasteiger partial charge on any atom is -0.463 e. The van der Waals surface area contributed by atoms with Crippen LogP contribution in [-0.4, -0.2) is 12.6 Å². The minimum atomic E-state index is -0.159. The molecule has 24 heavy (non-hydrogen) atoms. The molecule has 0 saturated carbocycles. The molecular weight excluding hydrogens is 296 g/mol. The molecule has 0 atom stereocenters. The van der Waals surface area contributed by atoms with E-state index >= 15 is 0 Å². The Morgan fingerprint density at radius 3 is 1.38 bits per heavy atom. The molecule has 0 N–H and O–H groups in total. The van der Waals surface area contributed by atoms with Crippen molar-refractivity contribution in [2.24, 2.45) is 0 Å². The standard InChI is InChI=1S/C22H40O2/c23-22-20-18-16-14-12-10-8-6-4-2-1-3-5-7-9-11-13-15-17-19-21-24-22/h18,20H,1-17,19,21H2/b20-18-. The van der Waals surface area contributed by atoms with E-state index in [1.807, 2.05) is 6.08 Å². The highest BCUT2D eigenvalue weighted by Crippen LogP contribution is 2.14. The maximum atomic E-state index is 11.6. The van der Waals surface area contributed by atoms with Gasteiger partial charge in [-0.15, -0.1) is 0 Å². The molecule has 1 aliphatic rings. The SMILES string of the molecule is O=C1/C=C\CCCCCCCCCCCCCCCCCCCO1. The van der Waals surface area contributed by atoms with E-state index in [-0.39, 0.29) is 5.97 Å². The lowest BCUT2D eigenvalue weighted by Gasteiger charge is -2.04. The third-order valence-electron chi connectivity index (χ3n) is 5.01. The van der Waals surface area contributed by atoms with E-state index in [1.54, 1.807) is 6.08 Å². The molecule has 2 heteroatoms. The summed E-state index contributed by atoms with van der Waals surface area (Å²) in [7, 11) is 0. The smallest absolute Gasteiger partial charge is 0.330 e. The summed E-state index contributed by atoms with van der Waals surface area (Å²) in [5, 5.41) is 0. The van der Waals surface area contributed by atoms with Crippen LogP contribution in [0.2, 0.25) is 0 Å². The molecule has 0 aliphatic carbocycles. The first kappa shape index (κ1) is 21.3. The molecule has 1 heterocycles. The lowest BCUT2D eigenvalue weighted by molar-refractivity contribution is -0.137. The average molecular weight is 337 g/mol. The molecule has 2 nitrogen and oxygen atoms in total. The van der Waals surface area contributed by atoms with Crippen LogP contribution in [0, 0.1) is 0 Å². The van der Waals surface area contributed by atoms with Crippen LogP contribution < -0.4 is 0 Å². The van der Waals surface area contributed by atoms with Gasteiger partial charge in [0, 0.05) is 6.08 Å². The number of rotatable bonds is 0. The number of esters is 1. The van der Waals surface area contributed by atoms with E-state index in [0.717, 1.165) is 12.8 Å². The van der Waals surface area contributed by atoms with Crippen LogP contribution in [0.3, 0.4) is 0 Å². The zero-order valence-electron chi connectivity index (χ0n) is 15.9. The Hall–Kier alpha value is -0.790. The fraction of sp³-hybridized carbons (Fsp3) is 0.864. The van der Waals surface area contributed by atoms with Crippen LogP contribution in [0.4, 0.5) is 0 Å². The van der Waals surface area contributed by atoms with Gasteiger partial charge in [-0.05, 0) is 19.3 Å². The fourth-order valence-electron chi connectivity index (χ4n) is 3.42. The van der Waals surface area contributed by atoms with Crippen molar-refractivity contribution in [1.29, 1.82) is 0 Å². The predicted octanol–water partition coefficient (Wildman–Crippen LogP) is 7.12. The molecule has 0 fully saturated rings. The summed E-state index contributed by atoms with van der Waals surface area (Å²) in [6.45, 7) is 0.586. The average Bonchev–Trinajstić information content (AvgIpc) is 2.58. The van der Waals surface area contributed by atoms with Crippen molar-refractivity contribution in [3.8, 4) is 0 Å². The molecule has 0 aromatic heterocycles. The first-order valence-corrected chi connectivity index (χ1v) is 10.7. The van der Waals surface area contributed by atoms with Gasteiger partial charge in [-0.25, -0.2) is 4.79 Å². The van der Waals surface area contributed by atoms with Crippen LogP contribution in [0.5, 0.6) is 0 Å². The van der Waals surface area contributed by atoms with Crippen LogP contribution >= 0.6 is 0 Å². The van der Waals surface area contributed by atoms with Crippen molar-refractivity contribution in [2.75, 3.05) is 6.61 Å². The quantitative estimate of drug-likeness (QED) is 0.440. The largest absolute Gasteiger partial charge is 0.463 e. The summed E-state index contributed by atoms with van der Waals surface area (Å²) in [5.41, 5.74) is 0. The van der Waals surface area contributed by atoms with E-state index in [2.05, 4.69) is 0 Å². The van der Waals surface area contributed by atoms with E-state index in [4.69, 9.17) is 4.74 Å². The first-order chi connectivity index (χ1) is 11.9. The molecular formula is C22H40O2. The van der Waals surface area contributed by atoms with Gasteiger partial charge in [0.2, 0.25) is 0 Å². The number of carbonyl (C=O) groups is 1. The maximum Gasteiger partial charge on any atom is 0.330 e. The highest BCUT2D eigenvalue weighted by molar-refractivity contribution is 5.81. The van der Waals surface area contributed by atoms with Gasteiger partial charge in [0.15, 0.2) is 0 Å². The van der Waals surface area contributed by atoms with Gasteiger partial charge in [0.05, 0.1) is 6.61 Å². The van der Waals surface area contributed by atoms with Crippen molar-refractivity contribution >= 4 is 5.97 Å². The third-order valence-corrected chi connectivity index (χ3v) is 5.01. The number of hydrogen-bond acceptors (Lipinski definition) is 2. The number of hydrogen-bond donors (Lipinski definition) is 0. The highest BCUT2D eigenvalue weighted by Gasteiger charge is 1.98. The summed E-state index contributed by atoms with van der Waals surface area (Å²) in [5.74, 6) is -0.159. The summed E-state index contributed by atoms with van der Waals surface area (Å²) >= 11 is 0. The van der Waals surface area contributed by atoms with Crippen molar-refractivity contribution < 1.29 is 9.53 Å². The molecule has 1 aliphatic heterocycles. The monoisotopic (exact) mass is 336 g/mol. The molecule has 140 valence electrons. The molecule has 0 spiro atoms. The van der Waals surface area contributed by atoms with Crippen LogP contribution in [0.1, 0.15) is 116 Å². The summed E-state index contributed by atoms with van der Waals surface area (Å²) < 4.78 is 5.24. The second kappa shape index (κ2) is 17.0. The molecule has 0 aromatic rings. The molecule has 0 bridgehead atoms. The Morgan fingerprint density at radius 2 is 0.917 bits per heavy atom. The van der Waals surface area contributed by atoms with Crippen LogP contribution in [0.25, 0.3) is 0 Å². The van der Waals surface area contributed by atoms with Crippen molar-refractivity contribution in [3.63, 3.8) is 0 Å². The van der Waals surface area contributed by atoms with E-state index in [9.17, 15) is 4.79 Å². The normalized spacial score (nSPS) is 23.9. The Kier molecular flexibility index (Phi) is 15.1. The number of carbonyl (C=O) groups excluding carboxylic acids is 1. The fourth-order valence-corrected chi connectivity index (χ4v) is 3.42. The molecule has 1 rings (SSSR count). The Bertz CT molecular complexity index is 309. The van der Waals surface area contributed by atoms with Crippen LogP contribution in [0.15, 0.2) is 12.2 Å². The molecule has 0 amide bonds. The third kappa shape index (κ3) is 14.8.